The first-order valence-corrected chi connectivity index (χ1v) is 24.7. The van der Waals surface area contributed by atoms with E-state index in [1.807, 2.05) is 11.8 Å². The third kappa shape index (κ3) is 6.28. The van der Waals surface area contributed by atoms with E-state index in [0.29, 0.717) is 0 Å². The van der Waals surface area contributed by atoms with Crippen LogP contribution >= 0.6 is 11.8 Å². The molecule has 11 aromatic rings. The molecule has 0 radical (unpaired) electrons. The molecule has 0 spiro atoms. The first kappa shape index (κ1) is 40.1. The van der Waals surface area contributed by atoms with Crippen molar-refractivity contribution >= 4 is 95.7 Å². The molecule has 0 bridgehead atoms. The number of para-hydroxylation sites is 3. The van der Waals surface area contributed by atoms with Gasteiger partial charge in [-0.2, -0.15) is 0 Å². The fraction of sp³-hybridized carbons (Fsp3) is 0.129. The van der Waals surface area contributed by atoms with E-state index < -0.39 is 0 Å². The van der Waals surface area contributed by atoms with Gasteiger partial charge in [0.2, 0.25) is 6.71 Å². The number of hydrogen-bond acceptors (Lipinski definition) is 3. The second kappa shape index (κ2) is 15.4. The van der Waals surface area contributed by atoms with Crippen LogP contribution in [0, 0.1) is 0 Å². The van der Waals surface area contributed by atoms with Gasteiger partial charge in [-0.25, -0.2) is 0 Å². The number of unbranched alkanes of at least 4 members (excludes halogenated alkanes) is 1. The van der Waals surface area contributed by atoms with E-state index in [2.05, 4.69) is 225 Å². The highest BCUT2D eigenvalue weighted by molar-refractivity contribution is 8.00. The summed E-state index contributed by atoms with van der Waals surface area (Å²) < 4.78 is 9.27. The minimum Gasteiger partial charge on any atom is -0.456 e. The summed E-state index contributed by atoms with van der Waals surface area (Å²) in [6.45, 7) is 9.39. The largest absolute Gasteiger partial charge is 0.456 e. The standard InChI is InChI=1S/C62H49BN2OS/c1-5-6-19-42-35-55-59(47-26-15-18-29-54(47)66-55)58(40-22-11-8-12-23-40)61(42)65-52-33-30-41(39-20-9-7-10-21-39)34-49(52)63-48-32-31-44(64-50-27-16-13-24-45(50)46-25-14-17-28-51(46)64)38-56(48)67-57-37-43(62(2,3)4)36-53(65)60(57)63/h7-18,20-38H,5-6,19H2,1-4H3. The predicted molar refractivity (Wildman–Crippen MR) is 286 cm³/mol. The van der Waals surface area contributed by atoms with Gasteiger partial charge in [0.1, 0.15) is 11.2 Å². The lowest BCUT2D eigenvalue weighted by molar-refractivity contribution is 0.589. The van der Waals surface area contributed by atoms with E-state index in [1.54, 1.807) is 0 Å². The summed E-state index contributed by atoms with van der Waals surface area (Å²) in [6.07, 6.45) is 3.09. The number of aryl methyl sites for hydroxylation is 1. The number of anilines is 3. The van der Waals surface area contributed by atoms with Crippen molar-refractivity contribution in [1.29, 1.82) is 0 Å². The van der Waals surface area contributed by atoms with Crippen LogP contribution in [0.4, 0.5) is 17.1 Å². The van der Waals surface area contributed by atoms with Crippen LogP contribution in [0.2, 0.25) is 0 Å². The van der Waals surface area contributed by atoms with Crippen LogP contribution < -0.4 is 21.3 Å². The predicted octanol–water partition coefficient (Wildman–Crippen LogP) is 15.4. The highest BCUT2D eigenvalue weighted by Gasteiger charge is 2.43. The van der Waals surface area contributed by atoms with Crippen molar-refractivity contribution in [3.05, 3.63) is 199 Å². The molecule has 2 aromatic heterocycles. The minimum absolute atomic E-state index is 0.00938. The molecule has 13 rings (SSSR count). The first-order valence-electron chi connectivity index (χ1n) is 23.8. The Hall–Kier alpha value is -7.21. The molecular weight excluding hydrogens is 832 g/mol. The van der Waals surface area contributed by atoms with E-state index in [9.17, 15) is 0 Å². The van der Waals surface area contributed by atoms with Crippen molar-refractivity contribution < 1.29 is 4.42 Å². The van der Waals surface area contributed by atoms with E-state index in [0.717, 1.165) is 35.8 Å². The van der Waals surface area contributed by atoms with Gasteiger partial charge in [0, 0.05) is 54.0 Å². The zero-order valence-corrected chi connectivity index (χ0v) is 39.1. The molecule has 322 valence electrons. The van der Waals surface area contributed by atoms with Crippen molar-refractivity contribution in [3.63, 3.8) is 0 Å². The smallest absolute Gasteiger partial charge is 0.249 e. The summed E-state index contributed by atoms with van der Waals surface area (Å²) in [4.78, 5) is 5.31. The number of furan rings is 1. The zero-order valence-electron chi connectivity index (χ0n) is 38.3. The third-order valence-corrected chi connectivity index (χ3v) is 15.5. The van der Waals surface area contributed by atoms with Crippen LogP contribution in [0.3, 0.4) is 0 Å². The Morgan fingerprint density at radius 3 is 1.94 bits per heavy atom. The highest BCUT2D eigenvalue weighted by Crippen LogP contribution is 2.52. The van der Waals surface area contributed by atoms with Crippen molar-refractivity contribution in [3.8, 4) is 27.9 Å². The second-order valence-corrected chi connectivity index (χ2v) is 20.5. The molecule has 4 heterocycles. The summed E-state index contributed by atoms with van der Waals surface area (Å²) >= 11 is 1.94. The molecule has 3 nitrogen and oxygen atoms in total. The van der Waals surface area contributed by atoms with Gasteiger partial charge in [0.05, 0.1) is 16.7 Å². The summed E-state index contributed by atoms with van der Waals surface area (Å²) in [6, 6.07) is 70.2. The Balaban J connectivity index is 1.13. The summed E-state index contributed by atoms with van der Waals surface area (Å²) in [5, 5.41) is 4.86. The van der Waals surface area contributed by atoms with E-state index in [1.165, 1.54) is 110 Å². The Morgan fingerprint density at radius 2 is 1.22 bits per heavy atom. The number of fused-ring (bicyclic) bond motifs is 10. The normalized spacial score (nSPS) is 13.1. The molecule has 0 unspecified atom stereocenters. The molecule has 0 fully saturated rings. The topological polar surface area (TPSA) is 21.3 Å². The van der Waals surface area contributed by atoms with Gasteiger partial charge in [-0.3, -0.25) is 0 Å². The van der Waals surface area contributed by atoms with E-state index in [4.69, 9.17) is 4.42 Å². The minimum atomic E-state index is -0.103. The molecule has 0 saturated heterocycles. The molecule has 2 aliphatic rings. The Bertz CT molecular complexity index is 3710. The molecule has 0 saturated carbocycles. The number of rotatable bonds is 7. The third-order valence-electron chi connectivity index (χ3n) is 14.4. The van der Waals surface area contributed by atoms with Crippen molar-refractivity contribution in [1.82, 2.24) is 4.57 Å². The van der Waals surface area contributed by atoms with E-state index >= 15 is 0 Å². The Kier molecular flexibility index (Phi) is 9.24. The number of hydrogen-bond donors (Lipinski definition) is 0. The fourth-order valence-corrected chi connectivity index (χ4v) is 12.4. The molecular formula is C62H49BN2OS. The summed E-state index contributed by atoms with van der Waals surface area (Å²) in [7, 11) is 0. The Morgan fingerprint density at radius 1 is 0.552 bits per heavy atom. The zero-order chi connectivity index (χ0) is 45.0. The van der Waals surface area contributed by atoms with Gasteiger partial charge in [0.25, 0.3) is 0 Å². The maximum atomic E-state index is 6.81. The number of benzene rings is 9. The van der Waals surface area contributed by atoms with Crippen LogP contribution in [0.15, 0.2) is 202 Å². The molecule has 5 heteroatoms. The first-order chi connectivity index (χ1) is 32.8. The molecule has 0 amide bonds. The lowest BCUT2D eigenvalue weighted by atomic mass is 9.34. The molecule has 0 N–H and O–H groups in total. The van der Waals surface area contributed by atoms with E-state index in [-0.39, 0.29) is 12.1 Å². The summed E-state index contributed by atoms with van der Waals surface area (Å²) in [5.41, 5.74) is 20.7. The maximum absolute atomic E-state index is 6.81. The molecule has 9 aromatic carbocycles. The van der Waals surface area contributed by atoms with Gasteiger partial charge >= 0.3 is 0 Å². The van der Waals surface area contributed by atoms with Crippen LogP contribution in [-0.4, -0.2) is 11.3 Å². The highest BCUT2D eigenvalue weighted by atomic mass is 32.2. The SMILES string of the molecule is CCCCc1cc2oc3ccccc3c2c(-c2ccccc2)c1N1c2ccc(-c3ccccc3)cc2B2c3ccc(-n4c5ccccc5c5ccccc54)cc3Sc3cc(C(C)(C)C)cc1c32. The van der Waals surface area contributed by atoms with Gasteiger partial charge in [-0.1, -0.05) is 185 Å². The fourth-order valence-electron chi connectivity index (χ4n) is 11.2. The van der Waals surface area contributed by atoms with Gasteiger partial charge in [-0.15, -0.1) is 0 Å². The van der Waals surface area contributed by atoms with Crippen LogP contribution in [-0.2, 0) is 11.8 Å². The van der Waals surface area contributed by atoms with Gasteiger partial charge in [-0.05, 0) is 112 Å². The average Bonchev–Trinajstić information content (AvgIpc) is 3.90. The number of aromatic nitrogens is 1. The quantitative estimate of drug-likeness (QED) is 0.149. The maximum Gasteiger partial charge on any atom is 0.249 e. The lowest BCUT2D eigenvalue weighted by Gasteiger charge is -2.43. The Labute approximate surface area is 396 Å². The monoisotopic (exact) mass is 880 g/mol. The van der Waals surface area contributed by atoms with Crippen molar-refractivity contribution in [2.24, 2.45) is 0 Å². The average molecular weight is 881 g/mol. The van der Waals surface area contributed by atoms with Crippen LogP contribution in [0.5, 0.6) is 0 Å². The molecule has 2 aliphatic heterocycles. The molecule has 0 atom stereocenters. The molecule has 67 heavy (non-hydrogen) atoms. The summed E-state index contributed by atoms with van der Waals surface area (Å²) in [5.74, 6) is 0. The van der Waals surface area contributed by atoms with Crippen molar-refractivity contribution in [2.45, 2.75) is 62.2 Å². The molecule has 0 aliphatic carbocycles. The van der Waals surface area contributed by atoms with Gasteiger partial charge < -0.3 is 13.9 Å². The lowest BCUT2D eigenvalue weighted by Crippen LogP contribution is -2.60. The second-order valence-electron chi connectivity index (χ2n) is 19.5. The van der Waals surface area contributed by atoms with Crippen LogP contribution in [0.25, 0.3) is 71.7 Å². The van der Waals surface area contributed by atoms with Gasteiger partial charge in [0.15, 0.2) is 0 Å². The van der Waals surface area contributed by atoms with Crippen LogP contribution in [0.1, 0.15) is 51.7 Å². The number of nitrogens with zero attached hydrogens (tertiary/aromatic N) is 2. The van der Waals surface area contributed by atoms with Crippen molar-refractivity contribution in [2.75, 3.05) is 4.90 Å².